The van der Waals surface area contributed by atoms with E-state index in [1.807, 2.05) is 0 Å². The number of hydrogen-bond donors (Lipinski definition) is 3. The second-order valence-electron chi connectivity index (χ2n) is 5.06. The molecule has 6 nitrogen and oxygen atoms in total. The van der Waals surface area contributed by atoms with Gasteiger partial charge in [-0.15, -0.1) is 0 Å². The van der Waals surface area contributed by atoms with Crippen LogP contribution >= 0.6 is 0 Å². The molecule has 6 heteroatoms. The summed E-state index contributed by atoms with van der Waals surface area (Å²) in [5.41, 5.74) is -0.898. The molecular weight excluding hydrogens is 236 g/mol. The smallest absolute Gasteiger partial charge is 0.246 e. The minimum Gasteiger partial charge on any atom is -0.386 e. The van der Waals surface area contributed by atoms with Crippen LogP contribution in [-0.4, -0.2) is 62.2 Å². The van der Waals surface area contributed by atoms with E-state index in [0.717, 1.165) is 25.9 Å². The summed E-state index contributed by atoms with van der Waals surface area (Å²) in [5.74, 6) is -0.172. The Hall–Kier alpha value is -0.690. The van der Waals surface area contributed by atoms with Crippen molar-refractivity contribution in [2.45, 2.75) is 31.0 Å². The number of amides is 1. The summed E-state index contributed by atoms with van der Waals surface area (Å²) >= 11 is 0. The van der Waals surface area contributed by atoms with Gasteiger partial charge in [0.25, 0.3) is 0 Å². The SMILES string of the molecule is O=C(COC1CCNCC1)NCC1(O)CCOC1. The number of piperidine rings is 1. The molecule has 2 saturated heterocycles. The third kappa shape index (κ3) is 4.20. The molecule has 104 valence electrons. The second-order valence-corrected chi connectivity index (χ2v) is 5.06. The third-order valence-electron chi connectivity index (χ3n) is 3.43. The van der Waals surface area contributed by atoms with E-state index in [0.29, 0.717) is 19.6 Å². The third-order valence-corrected chi connectivity index (χ3v) is 3.43. The van der Waals surface area contributed by atoms with Crippen molar-refractivity contribution in [2.24, 2.45) is 0 Å². The summed E-state index contributed by atoms with van der Waals surface area (Å²) in [4.78, 5) is 11.6. The van der Waals surface area contributed by atoms with Gasteiger partial charge in [-0.2, -0.15) is 0 Å². The number of aliphatic hydroxyl groups is 1. The van der Waals surface area contributed by atoms with Gasteiger partial charge in [-0.05, 0) is 25.9 Å². The van der Waals surface area contributed by atoms with Gasteiger partial charge in [0.15, 0.2) is 0 Å². The number of nitrogens with one attached hydrogen (secondary N) is 2. The Balaban J connectivity index is 1.59. The summed E-state index contributed by atoms with van der Waals surface area (Å²) in [7, 11) is 0. The van der Waals surface area contributed by atoms with Crippen molar-refractivity contribution < 1.29 is 19.4 Å². The maximum absolute atomic E-state index is 11.6. The van der Waals surface area contributed by atoms with Crippen LogP contribution in [-0.2, 0) is 14.3 Å². The number of hydrogen-bond acceptors (Lipinski definition) is 5. The van der Waals surface area contributed by atoms with Crippen molar-refractivity contribution in [3.8, 4) is 0 Å². The average molecular weight is 258 g/mol. The van der Waals surface area contributed by atoms with Gasteiger partial charge in [-0.1, -0.05) is 0 Å². The van der Waals surface area contributed by atoms with E-state index in [2.05, 4.69) is 10.6 Å². The van der Waals surface area contributed by atoms with Gasteiger partial charge in [-0.25, -0.2) is 0 Å². The Morgan fingerprint density at radius 3 is 2.94 bits per heavy atom. The van der Waals surface area contributed by atoms with E-state index in [1.165, 1.54) is 0 Å². The zero-order valence-electron chi connectivity index (χ0n) is 10.6. The molecule has 0 aromatic rings. The van der Waals surface area contributed by atoms with Crippen LogP contribution in [0.4, 0.5) is 0 Å². The van der Waals surface area contributed by atoms with Gasteiger partial charge in [0.2, 0.25) is 5.91 Å². The van der Waals surface area contributed by atoms with Crippen molar-refractivity contribution >= 4 is 5.91 Å². The fraction of sp³-hybridized carbons (Fsp3) is 0.917. The van der Waals surface area contributed by atoms with Gasteiger partial charge in [0.05, 0.1) is 12.7 Å². The Morgan fingerprint density at radius 1 is 1.50 bits per heavy atom. The van der Waals surface area contributed by atoms with Crippen molar-refractivity contribution in [1.82, 2.24) is 10.6 Å². The number of carbonyl (C=O) groups is 1. The largest absolute Gasteiger partial charge is 0.386 e. The highest BCUT2D eigenvalue weighted by Gasteiger charge is 2.32. The van der Waals surface area contributed by atoms with Gasteiger partial charge >= 0.3 is 0 Å². The topological polar surface area (TPSA) is 79.8 Å². The lowest BCUT2D eigenvalue weighted by molar-refractivity contribution is -0.129. The lowest BCUT2D eigenvalue weighted by Crippen LogP contribution is -2.45. The molecule has 2 heterocycles. The van der Waals surface area contributed by atoms with Crippen LogP contribution in [0.15, 0.2) is 0 Å². The zero-order valence-corrected chi connectivity index (χ0v) is 10.6. The predicted octanol–water partition coefficient (Wildman–Crippen LogP) is -0.977. The molecule has 18 heavy (non-hydrogen) atoms. The van der Waals surface area contributed by atoms with Crippen LogP contribution in [0.2, 0.25) is 0 Å². The van der Waals surface area contributed by atoms with Crippen LogP contribution in [0.5, 0.6) is 0 Å². The summed E-state index contributed by atoms with van der Waals surface area (Å²) < 4.78 is 10.6. The van der Waals surface area contributed by atoms with Crippen LogP contribution in [0.3, 0.4) is 0 Å². The molecule has 0 aliphatic carbocycles. The molecule has 0 spiro atoms. The predicted molar refractivity (Wildman–Crippen MR) is 65.2 cm³/mol. The summed E-state index contributed by atoms with van der Waals surface area (Å²) in [6.45, 7) is 3.05. The molecule has 0 aromatic heterocycles. The normalized spacial score (nSPS) is 29.4. The molecule has 2 fully saturated rings. The molecule has 1 amide bonds. The summed E-state index contributed by atoms with van der Waals surface area (Å²) in [6.07, 6.45) is 2.65. The second kappa shape index (κ2) is 6.47. The van der Waals surface area contributed by atoms with Gasteiger partial charge in [0, 0.05) is 19.6 Å². The molecule has 2 rings (SSSR count). The Morgan fingerprint density at radius 2 is 2.28 bits per heavy atom. The molecule has 2 aliphatic rings. The fourth-order valence-corrected chi connectivity index (χ4v) is 2.21. The van der Waals surface area contributed by atoms with Crippen LogP contribution in [0.1, 0.15) is 19.3 Å². The van der Waals surface area contributed by atoms with Crippen LogP contribution in [0.25, 0.3) is 0 Å². The first kappa shape index (κ1) is 13.7. The van der Waals surface area contributed by atoms with E-state index in [4.69, 9.17) is 9.47 Å². The lowest BCUT2D eigenvalue weighted by Gasteiger charge is -2.23. The molecule has 0 radical (unpaired) electrons. The van der Waals surface area contributed by atoms with E-state index in [1.54, 1.807) is 0 Å². The maximum atomic E-state index is 11.6. The van der Waals surface area contributed by atoms with Crippen LogP contribution < -0.4 is 10.6 Å². The average Bonchev–Trinajstić information content (AvgIpc) is 2.83. The van der Waals surface area contributed by atoms with Gasteiger partial charge in [0.1, 0.15) is 12.2 Å². The van der Waals surface area contributed by atoms with Crippen LogP contribution in [0, 0.1) is 0 Å². The molecule has 1 atom stereocenters. The summed E-state index contributed by atoms with van der Waals surface area (Å²) in [6, 6.07) is 0. The van der Waals surface area contributed by atoms with Gasteiger partial charge in [-0.3, -0.25) is 4.79 Å². The highest BCUT2D eigenvalue weighted by atomic mass is 16.5. The van der Waals surface area contributed by atoms with Crippen molar-refractivity contribution in [2.75, 3.05) is 39.5 Å². The first-order valence-corrected chi connectivity index (χ1v) is 6.57. The molecule has 0 bridgehead atoms. The van der Waals surface area contributed by atoms with Gasteiger partial charge < -0.3 is 25.2 Å². The van der Waals surface area contributed by atoms with E-state index >= 15 is 0 Å². The maximum Gasteiger partial charge on any atom is 0.246 e. The first-order valence-electron chi connectivity index (χ1n) is 6.57. The van der Waals surface area contributed by atoms with E-state index < -0.39 is 5.60 Å². The molecule has 3 N–H and O–H groups in total. The minimum absolute atomic E-state index is 0.0710. The van der Waals surface area contributed by atoms with Crippen molar-refractivity contribution in [1.29, 1.82) is 0 Å². The molecule has 0 saturated carbocycles. The standard InChI is InChI=1S/C12H22N2O4/c15-11(7-18-10-1-4-13-5-2-10)14-8-12(16)3-6-17-9-12/h10,13,16H,1-9H2,(H,14,15). The lowest BCUT2D eigenvalue weighted by atomic mass is 10.0. The highest BCUT2D eigenvalue weighted by molar-refractivity contribution is 5.77. The fourth-order valence-electron chi connectivity index (χ4n) is 2.21. The van der Waals surface area contributed by atoms with Crippen molar-refractivity contribution in [3.05, 3.63) is 0 Å². The summed E-state index contributed by atoms with van der Waals surface area (Å²) in [5, 5.41) is 15.9. The zero-order chi connectivity index (χ0) is 12.8. The highest BCUT2D eigenvalue weighted by Crippen LogP contribution is 2.16. The molecule has 0 aromatic carbocycles. The number of carbonyl (C=O) groups excluding carboxylic acids is 1. The number of rotatable bonds is 5. The van der Waals surface area contributed by atoms with Crippen molar-refractivity contribution in [3.63, 3.8) is 0 Å². The number of ether oxygens (including phenoxy) is 2. The molecular formula is C12H22N2O4. The molecule has 1 unspecified atom stereocenters. The Labute approximate surface area is 107 Å². The first-order chi connectivity index (χ1) is 8.68. The van der Waals surface area contributed by atoms with E-state index in [-0.39, 0.29) is 25.2 Å². The molecule has 2 aliphatic heterocycles. The Kier molecular flexibility index (Phi) is 4.94. The monoisotopic (exact) mass is 258 g/mol. The van der Waals surface area contributed by atoms with E-state index in [9.17, 15) is 9.90 Å². The quantitative estimate of drug-likeness (QED) is 0.591. The Bertz CT molecular complexity index is 273. The minimum atomic E-state index is -0.898.